The molecule has 1 N–H and O–H groups in total. The number of carbonyl (C=O) groups is 1. The molecule has 2 aromatic carbocycles. The van der Waals surface area contributed by atoms with Crippen molar-refractivity contribution in [3.05, 3.63) is 69.9 Å². The van der Waals surface area contributed by atoms with E-state index in [4.69, 9.17) is 4.74 Å². The predicted molar refractivity (Wildman–Crippen MR) is 81.4 cm³/mol. The van der Waals surface area contributed by atoms with Gasteiger partial charge < -0.3 is 9.72 Å². The number of aromatic amines is 1. The van der Waals surface area contributed by atoms with E-state index >= 15 is 0 Å². The lowest BCUT2D eigenvalue weighted by Gasteiger charge is -2.02. The van der Waals surface area contributed by atoms with Gasteiger partial charge in [0.1, 0.15) is 5.75 Å². The Kier molecular flexibility index (Phi) is 3.34. The van der Waals surface area contributed by atoms with Crippen LogP contribution in [0.4, 0.5) is 5.69 Å². The molecule has 1 aromatic heterocycles. The van der Waals surface area contributed by atoms with Crippen LogP contribution in [0.25, 0.3) is 10.9 Å². The SMILES string of the molecule is COc1ccc2[nH]cc(C(=O)c3cccc([N+](=O)[O-])c3)c2c1. The van der Waals surface area contributed by atoms with E-state index in [1.165, 1.54) is 18.2 Å². The third kappa shape index (κ3) is 2.31. The third-order valence-corrected chi connectivity index (χ3v) is 3.45. The highest BCUT2D eigenvalue weighted by molar-refractivity contribution is 6.16. The first kappa shape index (κ1) is 13.8. The molecule has 3 aromatic rings. The molecule has 0 atom stereocenters. The van der Waals surface area contributed by atoms with Gasteiger partial charge in [0.15, 0.2) is 5.78 Å². The molecule has 0 saturated heterocycles. The van der Waals surface area contributed by atoms with Gasteiger partial charge in [0, 0.05) is 40.4 Å². The van der Waals surface area contributed by atoms with Gasteiger partial charge in [-0.15, -0.1) is 0 Å². The Morgan fingerprint density at radius 1 is 1.23 bits per heavy atom. The Bertz CT molecular complexity index is 883. The molecule has 0 saturated carbocycles. The quantitative estimate of drug-likeness (QED) is 0.454. The van der Waals surface area contributed by atoms with E-state index in [9.17, 15) is 14.9 Å². The van der Waals surface area contributed by atoms with Crippen LogP contribution in [0, 0.1) is 10.1 Å². The van der Waals surface area contributed by atoms with Gasteiger partial charge in [-0.1, -0.05) is 12.1 Å². The van der Waals surface area contributed by atoms with Crippen molar-refractivity contribution in [3.8, 4) is 5.75 Å². The molecule has 0 radical (unpaired) electrons. The molecule has 110 valence electrons. The minimum Gasteiger partial charge on any atom is -0.497 e. The Morgan fingerprint density at radius 3 is 2.77 bits per heavy atom. The average molecular weight is 296 g/mol. The summed E-state index contributed by atoms with van der Waals surface area (Å²) in [6.45, 7) is 0. The van der Waals surface area contributed by atoms with Crippen LogP contribution in [0.3, 0.4) is 0 Å². The second-order valence-electron chi connectivity index (χ2n) is 4.75. The number of aromatic nitrogens is 1. The fraction of sp³-hybridized carbons (Fsp3) is 0.0625. The summed E-state index contributed by atoms with van der Waals surface area (Å²) in [6, 6.07) is 11.1. The summed E-state index contributed by atoms with van der Waals surface area (Å²) in [6.07, 6.45) is 1.60. The van der Waals surface area contributed by atoms with Crippen LogP contribution < -0.4 is 4.74 Å². The summed E-state index contributed by atoms with van der Waals surface area (Å²) < 4.78 is 5.17. The molecule has 0 spiro atoms. The van der Waals surface area contributed by atoms with E-state index in [0.29, 0.717) is 11.3 Å². The molecule has 0 unspecified atom stereocenters. The fourth-order valence-corrected chi connectivity index (χ4v) is 2.33. The summed E-state index contributed by atoms with van der Waals surface area (Å²) in [5, 5.41) is 11.5. The molecule has 22 heavy (non-hydrogen) atoms. The molecule has 3 rings (SSSR count). The number of fused-ring (bicyclic) bond motifs is 1. The number of H-pyrrole nitrogens is 1. The van der Waals surface area contributed by atoms with Gasteiger partial charge in [-0.3, -0.25) is 14.9 Å². The summed E-state index contributed by atoms with van der Waals surface area (Å²) in [7, 11) is 1.55. The van der Waals surface area contributed by atoms with Gasteiger partial charge in [0.05, 0.1) is 12.0 Å². The molecule has 1 heterocycles. The standard InChI is InChI=1S/C16H12N2O4/c1-22-12-5-6-15-13(8-12)14(9-17-15)16(19)10-3-2-4-11(7-10)18(20)21/h2-9,17H,1H3. The van der Waals surface area contributed by atoms with E-state index in [-0.39, 0.29) is 17.0 Å². The number of ether oxygens (including phenoxy) is 1. The normalized spacial score (nSPS) is 10.6. The van der Waals surface area contributed by atoms with Crippen LogP contribution >= 0.6 is 0 Å². The number of methoxy groups -OCH3 is 1. The van der Waals surface area contributed by atoms with E-state index in [1.54, 1.807) is 31.5 Å². The van der Waals surface area contributed by atoms with Gasteiger partial charge in [-0.2, -0.15) is 0 Å². The van der Waals surface area contributed by atoms with Crippen molar-refractivity contribution in [1.82, 2.24) is 4.98 Å². The highest BCUT2D eigenvalue weighted by Gasteiger charge is 2.17. The van der Waals surface area contributed by atoms with Gasteiger partial charge >= 0.3 is 0 Å². The van der Waals surface area contributed by atoms with Crippen molar-refractivity contribution >= 4 is 22.4 Å². The Hall–Kier alpha value is -3.15. The van der Waals surface area contributed by atoms with Crippen molar-refractivity contribution in [2.45, 2.75) is 0 Å². The van der Waals surface area contributed by atoms with Crippen molar-refractivity contribution in [2.24, 2.45) is 0 Å². The summed E-state index contributed by atoms with van der Waals surface area (Å²) in [4.78, 5) is 25.9. The number of nitro benzene ring substituents is 1. The zero-order chi connectivity index (χ0) is 15.7. The molecule has 0 aliphatic rings. The van der Waals surface area contributed by atoms with Gasteiger partial charge in [0.2, 0.25) is 0 Å². The second kappa shape index (κ2) is 5.33. The molecule has 6 nitrogen and oxygen atoms in total. The summed E-state index contributed by atoms with van der Waals surface area (Å²) >= 11 is 0. The minimum atomic E-state index is -0.519. The number of rotatable bonds is 4. The van der Waals surface area contributed by atoms with Crippen molar-refractivity contribution in [2.75, 3.05) is 7.11 Å². The molecular weight excluding hydrogens is 284 g/mol. The average Bonchev–Trinajstić information content (AvgIpc) is 2.97. The van der Waals surface area contributed by atoms with Crippen LogP contribution in [0.5, 0.6) is 5.75 Å². The van der Waals surface area contributed by atoms with E-state index in [0.717, 1.165) is 10.9 Å². The molecule has 0 aliphatic heterocycles. The van der Waals surface area contributed by atoms with Gasteiger partial charge in [0.25, 0.3) is 5.69 Å². The maximum absolute atomic E-state index is 12.6. The number of nitrogens with one attached hydrogen (secondary N) is 1. The zero-order valence-electron chi connectivity index (χ0n) is 11.7. The van der Waals surface area contributed by atoms with Crippen molar-refractivity contribution in [3.63, 3.8) is 0 Å². The number of nitrogens with zero attached hydrogens (tertiary/aromatic N) is 1. The number of ketones is 1. The second-order valence-corrected chi connectivity index (χ2v) is 4.75. The number of nitro groups is 1. The Morgan fingerprint density at radius 2 is 2.05 bits per heavy atom. The highest BCUT2D eigenvalue weighted by atomic mass is 16.6. The lowest BCUT2D eigenvalue weighted by atomic mass is 10.0. The Labute approximate surface area is 125 Å². The molecule has 0 fully saturated rings. The smallest absolute Gasteiger partial charge is 0.270 e. The minimum absolute atomic E-state index is 0.108. The number of hydrogen-bond acceptors (Lipinski definition) is 4. The lowest BCUT2D eigenvalue weighted by molar-refractivity contribution is -0.384. The number of non-ortho nitro benzene ring substituents is 1. The van der Waals surface area contributed by atoms with Crippen molar-refractivity contribution in [1.29, 1.82) is 0 Å². The first-order valence-corrected chi connectivity index (χ1v) is 6.54. The monoisotopic (exact) mass is 296 g/mol. The number of benzene rings is 2. The molecular formula is C16H12N2O4. The van der Waals surface area contributed by atoms with Crippen LogP contribution in [-0.2, 0) is 0 Å². The zero-order valence-corrected chi connectivity index (χ0v) is 11.7. The maximum Gasteiger partial charge on any atom is 0.270 e. The van der Waals surface area contributed by atoms with E-state index in [1.807, 2.05) is 6.07 Å². The predicted octanol–water partition coefficient (Wildman–Crippen LogP) is 3.32. The maximum atomic E-state index is 12.6. The topological polar surface area (TPSA) is 85.2 Å². The first-order valence-electron chi connectivity index (χ1n) is 6.54. The van der Waals surface area contributed by atoms with E-state index < -0.39 is 4.92 Å². The fourth-order valence-electron chi connectivity index (χ4n) is 2.33. The van der Waals surface area contributed by atoms with Crippen LogP contribution in [-0.4, -0.2) is 22.8 Å². The van der Waals surface area contributed by atoms with Crippen LogP contribution in [0.15, 0.2) is 48.7 Å². The van der Waals surface area contributed by atoms with Crippen LogP contribution in [0.2, 0.25) is 0 Å². The highest BCUT2D eigenvalue weighted by Crippen LogP contribution is 2.26. The first-order chi connectivity index (χ1) is 10.6. The molecule has 0 bridgehead atoms. The van der Waals surface area contributed by atoms with Crippen molar-refractivity contribution < 1.29 is 14.5 Å². The number of hydrogen-bond donors (Lipinski definition) is 1. The van der Waals surface area contributed by atoms with Gasteiger partial charge in [-0.05, 0) is 18.2 Å². The Balaban J connectivity index is 2.09. The third-order valence-electron chi connectivity index (χ3n) is 3.45. The van der Waals surface area contributed by atoms with Gasteiger partial charge in [-0.25, -0.2) is 0 Å². The van der Waals surface area contributed by atoms with Crippen LogP contribution in [0.1, 0.15) is 15.9 Å². The molecule has 0 amide bonds. The number of carbonyl (C=O) groups excluding carboxylic acids is 1. The summed E-state index contributed by atoms with van der Waals surface area (Å²) in [5.74, 6) is 0.364. The largest absolute Gasteiger partial charge is 0.497 e. The van der Waals surface area contributed by atoms with E-state index in [2.05, 4.69) is 4.98 Å². The molecule has 0 aliphatic carbocycles. The molecule has 6 heteroatoms. The lowest BCUT2D eigenvalue weighted by Crippen LogP contribution is -2.01. The summed E-state index contributed by atoms with van der Waals surface area (Å²) in [5.41, 5.74) is 1.42.